The van der Waals surface area contributed by atoms with Crippen LogP contribution in [0.25, 0.3) is 11.4 Å². The minimum Gasteiger partial charge on any atom is -0.496 e. The summed E-state index contributed by atoms with van der Waals surface area (Å²) in [5.74, 6) is 1.17. The van der Waals surface area contributed by atoms with Gasteiger partial charge in [0, 0.05) is 10.4 Å². The van der Waals surface area contributed by atoms with Crippen molar-refractivity contribution in [2.75, 3.05) is 7.11 Å². The number of nitrogens with zero attached hydrogens (tertiary/aromatic N) is 2. The fourth-order valence-corrected chi connectivity index (χ4v) is 3.27. The van der Waals surface area contributed by atoms with Gasteiger partial charge in [0.1, 0.15) is 10.9 Å². The summed E-state index contributed by atoms with van der Waals surface area (Å²) in [6.07, 6.45) is 0. The minimum absolute atomic E-state index is 0.127. The third-order valence-corrected chi connectivity index (χ3v) is 4.77. The van der Waals surface area contributed by atoms with Crippen molar-refractivity contribution < 1.29 is 4.74 Å². The Balaban J connectivity index is 2.68. The molecule has 112 valence electrons. The van der Waals surface area contributed by atoms with Gasteiger partial charge in [-0.25, -0.2) is 9.97 Å². The molecular formula is C15H15Cl2IN2O. The maximum Gasteiger partial charge on any atom is 0.164 e. The van der Waals surface area contributed by atoms with Crippen LogP contribution in [0.15, 0.2) is 18.2 Å². The number of methoxy groups -OCH3 is 1. The summed E-state index contributed by atoms with van der Waals surface area (Å²) in [4.78, 5) is 9.07. The van der Waals surface area contributed by atoms with E-state index in [1.807, 2.05) is 6.07 Å². The minimum atomic E-state index is -0.127. The van der Waals surface area contributed by atoms with Crippen LogP contribution in [-0.4, -0.2) is 17.1 Å². The first-order valence-corrected chi connectivity index (χ1v) is 8.15. The molecule has 0 fully saturated rings. The fourth-order valence-electron chi connectivity index (χ4n) is 1.89. The van der Waals surface area contributed by atoms with E-state index in [4.69, 9.17) is 27.9 Å². The van der Waals surface area contributed by atoms with Gasteiger partial charge in [0.25, 0.3) is 0 Å². The summed E-state index contributed by atoms with van der Waals surface area (Å²) in [5, 5.41) is 1.05. The van der Waals surface area contributed by atoms with Crippen molar-refractivity contribution in [1.82, 2.24) is 9.97 Å². The predicted octanol–water partition coefficient (Wildman–Crippen LogP) is 5.36. The zero-order valence-electron chi connectivity index (χ0n) is 12.2. The van der Waals surface area contributed by atoms with Crippen LogP contribution >= 0.6 is 45.8 Å². The molecule has 1 aromatic carbocycles. The molecule has 0 saturated carbocycles. The van der Waals surface area contributed by atoms with E-state index in [-0.39, 0.29) is 5.41 Å². The maximum absolute atomic E-state index is 6.28. The Labute approximate surface area is 148 Å². The van der Waals surface area contributed by atoms with Gasteiger partial charge in [-0.3, -0.25) is 0 Å². The lowest BCUT2D eigenvalue weighted by molar-refractivity contribution is 0.416. The second-order valence-corrected chi connectivity index (χ2v) is 7.47. The topological polar surface area (TPSA) is 35.0 Å². The molecule has 1 aromatic heterocycles. The molecule has 0 amide bonds. The zero-order chi connectivity index (χ0) is 15.8. The normalized spacial score (nSPS) is 11.6. The zero-order valence-corrected chi connectivity index (χ0v) is 15.8. The maximum atomic E-state index is 6.28. The highest BCUT2D eigenvalue weighted by atomic mass is 127. The third-order valence-electron chi connectivity index (χ3n) is 2.93. The molecule has 0 spiro atoms. The summed E-state index contributed by atoms with van der Waals surface area (Å²) in [7, 11) is 1.59. The molecule has 0 aliphatic heterocycles. The molecule has 0 aliphatic rings. The Hall–Kier alpha value is -0.590. The van der Waals surface area contributed by atoms with Gasteiger partial charge in [0.15, 0.2) is 5.82 Å². The van der Waals surface area contributed by atoms with Crippen molar-refractivity contribution in [3.63, 3.8) is 0 Å². The van der Waals surface area contributed by atoms with E-state index in [9.17, 15) is 0 Å². The molecule has 1 heterocycles. The number of benzene rings is 1. The van der Waals surface area contributed by atoms with Crippen molar-refractivity contribution in [3.8, 4) is 17.1 Å². The van der Waals surface area contributed by atoms with Crippen LogP contribution in [0.1, 0.15) is 26.5 Å². The quantitative estimate of drug-likeness (QED) is 0.469. The van der Waals surface area contributed by atoms with E-state index < -0.39 is 0 Å². The second-order valence-electron chi connectivity index (χ2n) is 5.60. The molecule has 0 atom stereocenters. The number of halogens is 3. The highest BCUT2D eigenvalue weighted by Gasteiger charge is 2.23. The van der Waals surface area contributed by atoms with Crippen molar-refractivity contribution in [2.45, 2.75) is 26.2 Å². The Kier molecular flexibility index (Phi) is 5.00. The van der Waals surface area contributed by atoms with Gasteiger partial charge >= 0.3 is 0 Å². The molecular weight excluding hydrogens is 422 g/mol. The number of ether oxygens (including phenoxy) is 1. The molecule has 21 heavy (non-hydrogen) atoms. The molecule has 0 aliphatic carbocycles. The van der Waals surface area contributed by atoms with E-state index in [0.717, 1.165) is 14.8 Å². The average molecular weight is 437 g/mol. The molecule has 0 unspecified atom stereocenters. The number of hydrogen-bond acceptors (Lipinski definition) is 3. The van der Waals surface area contributed by atoms with Crippen molar-refractivity contribution in [2.24, 2.45) is 0 Å². The third kappa shape index (κ3) is 3.60. The summed E-state index contributed by atoms with van der Waals surface area (Å²) in [6.45, 7) is 6.28. The highest BCUT2D eigenvalue weighted by molar-refractivity contribution is 14.1. The van der Waals surface area contributed by atoms with Gasteiger partial charge in [-0.2, -0.15) is 0 Å². The first-order valence-electron chi connectivity index (χ1n) is 6.31. The van der Waals surface area contributed by atoms with E-state index in [0.29, 0.717) is 21.7 Å². The highest BCUT2D eigenvalue weighted by Crippen LogP contribution is 2.35. The first-order chi connectivity index (χ1) is 9.74. The molecule has 6 heteroatoms. The van der Waals surface area contributed by atoms with Gasteiger partial charge in [-0.1, -0.05) is 44.0 Å². The lowest BCUT2D eigenvalue weighted by Gasteiger charge is -2.21. The van der Waals surface area contributed by atoms with Crippen LogP contribution in [0.3, 0.4) is 0 Å². The van der Waals surface area contributed by atoms with E-state index >= 15 is 0 Å². The lowest BCUT2D eigenvalue weighted by Crippen LogP contribution is -2.17. The smallest absolute Gasteiger partial charge is 0.164 e. The van der Waals surface area contributed by atoms with E-state index in [1.54, 1.807) is 19.2 Å². The SMILES string of the molecule is COc1cc(Cl)ccc1-c1nc(Cl)c(I)c(C(C)(C)C)n1. The molecule has 0 N–H and O–H groups in total. The molecule has 0 saturated heterocycles. The number of rotatable bonds is 2. The van der Waals surface area contributed by atoms with Gasteiger partial charge in [0.05, 0.1) is 21.9 Å². The average Bonchev–Trinajstić information content (AvgIpc) is 2.40. The van der Waals surface area contributed by atoms with Crippen molar-refractivity contribution in [1.29, 1.82) is 0 Å². The van der Waals surface area contributed by atoms with Crippen molar-refractivity contribution >= 4 is 45.8 Å². The Morgan fingerprint density at radius 1 is 1.14 bits per heavy atom. The summed E-state index contributed by atoms with van der Waals surface area (Å²) in [5.41, 5.74) is 1.55. The van der Waals surface area contributed by atoms with Gasteiger partial charge < -0.3 is 4.74 Å². The van der Waals surface area contributed by atoms with E-state index in [1.165, 1.54) is 0 Å². The Morgan fingerprint density at radius 3 is 2.38 bits per heavy atom. The molecule has 0 radical (unpaired) electrons. The predicted molar refractivity (Wildman–Crippen MR) is 95.5 cm³/mol. The van der Waals surface area contributed by atoms with Crippen LogP contribution in [0, 0.1) is 3.57 Å². The molecule has 2 rings (SSSR count). The number of hydrogen-bond donors (Lipinski definition) is 0. The van der Waals surface area contributed by atoms with Crippen LogP contribution in [0.2, 0.25) is 10.2 Å². The standard InChI is InChI=1S/C15H15Cl2IN2O/c1-15(2,3)12-11(18)13(17)20-14(19-12)9-6-5-8(16)7-10(9)21-4/h5-7H,1-4H3. The van der Waals surface area contributed by atoms with E-state index in [2.05, 4.69) is 53.3 Å². The van der Waals surface area contributed by atoms with Crippen LogP contribution in [0.4, 0.5) is 0 Å². The first kappa shape index (κ1) is 16.8. The van der Waals surface area contributed by atoms with Crippen LogP contribution in [0.5, 0.6) is 5.75 Å². The molecule has 3 nitrogen and oxygen atoms in total. The van der Waals surface area contributed by atoms with Crippen LogP contribution < -0.4 is 4.74 Å². The van der Waals surface area contributed by atoms with Crippen LogP contribution in [-0.2, 0) is 5.41 Å². The lowest BCUT2D eigenvalue weighted by atomic mass is 9.92. The molecule has 0 bridgehead atoms. The monoisotopic (exact) mass is 436 g/mol. The summed E-state index contributed by atoms with van der Waals surface area (Å²) >= 11 is 14.5. The molecule has 2 aromatic rings. The second kappa shape index (κ2) is 6.26. The fraction of sp³-hybridized carbons (Fsp3) is 0.333. The number of aromatic nitrogens is 2. The Morgan fingerprint density at radius 2 is 1.81 bits per heavy atom. The van der Waals surface area contributed by atoms with Gasteiger partial charge in [0.2, 0.25) is 0 Å². The van der Waals surface area contributed by atoms with Crippen molar-refractivity contribution in [3.05, 3.63) is 37.6 Å². The van der Waals surface area contributed by atoms with Gasteiger partial charge in [-0.05, 0) is 40.8 Å². The summed E-state index contributed by atoms with van der Waals surface area (Å²) < 4.78 is 6.24. The van der Waals surface area contributed by atoms with Gasteiger partial charge in [-0.15, -0.1) is 0 Å². The Bertz CT molecular complexity index is 684. The largest absolute Gasteiger partial charge is 0.496 e. The summed E-state index contributed by atoms with van der Waals surface area (Å²) in [6, 6.07) is 5.36.